The number of aromatic nitrogens is 2. The highest BCUT2D eigenvalue weighted by Gasteiger charge is 2.15. The first-order valence-corrected chi connectivity index (χ1v) is 17.5. The Hall–Kier alpha value is -6.16. The van der Waals surface area contributed by atoms with Crippen molar-refractivity contribution in [2.45, 2.75) is 0 Å². The van der Waals surface area contributed by atoms with Gasteiger partial charge in [-0.05, 0) is 79.8 Å². The van der Waals surface area contributed by atoms with E-state index in [-0.39, 0.29) is 0 Å². The molecule has 2 nitrogen and oxygen atoms in total. The molecule has 0 unspecified atom stereocenters. The molecule has 0 saturated heterocycles. The van der Waals surface area contributed by atoms with Gasteiger partial charge >= 0.3 is 0 Å². The normalized spacial score (nSPS) is 12.1. The lowest BCUT2D eigenvalue weighted by Gasteiger charge is -2.14. The molecular weight excluding hydrogens is 613 g/mol. The number of pyridine rings is 2. The first kappa shape index (κ1) is 26.9. The summed E-state index contributed by atoms with van der Waals surface area (Å²) < 4.78 is 2.64. The largest absolute Gasteiger partial charge is 0.245 e. The lowest BCUT2D eigenvalue weighted by Crippen LogP contribution is -1.92. The smallest absolute Gasteiger partial charge is 0.0972 e. The average molecular weight is 639 g/mol. The van der Waals surface area contributed by atoms with Crippen LogP contribution in [-0.4, -0.2) is 9.97 Å². The van der Waals surface area contributed by atoms with Crippen LogP contribution in [0.4, 0.5) is 0 Å². The van der Waals surface area contributed by atoms with Gasteiger partial charge in [0.2, 0.25) is 0 Å². The van der Waals surface area contributed by atoms with Crippen molar-refractivity contribution in [1.29, 1.82) is 0 Å². The molecule has 11 aromatic rings. The summed E-state index contributed by atoms with van der Waals surface area (Å²) in [7, 11) is 0. The van der Waals surface area contributed by atoms with Gasteiger partial charge in [-0.25, -0.2) is 9.97 Å². The SMILES string of the molecule is c1cc(-c2ccc3sc4ccccc4c3c2)cc(-c2ccc3ccc4ccc(-c5ccc6ccc7cccc8ccc5c6c78)nc4c3n2)c1. The van der Waals surface area contributed by atoms with Crippen LogP contribution < -0.4 is 0 Å². The summed E-state index contributed by atoms with van der Waals surface area (Å²) in [5.74, 6) is 0. The summed E-state index contributed by atoms with van der Waals surface area (Å²) in [4.78, 5) is 10.6. The maximum absolute atomic E-state index is 5.34. The highest BCUT2D eigenvalue weighted by Crippen LogP contribution is 2.40. The zero-order chi connectivity index (χ0) is 32.1. The molecule has 0 amide bonds. The Morgan fingerprint density at radius 2 is 0.959 bits per heavy atom. The van der Waals surface area contributed by atoms with Crippen molar-refractivity contribution in [2.24, 2.45) is 0 Å². The van der Waals surface area contributed by atoms with Gasteiger partial charge in [0.15, 0.2) is 0 Å². The Bertz CT molecular complexity index is 3100. The second-order valence-corrected chi connectivity index (χ2v) is 14.0. The number of benzene rings is 8. The predicted octanol–water partition coefficient (Wildman–Crippen LogP) is 13.0. The number of hydrogen-bond acceptors (Lipinski definition) is 3. The molecule has 11 rings (SSSR count). The molecule has 49 heavy (non-hydrogen) atoms. The minimum absolute atomic E-state index is 0.922. The lowest BCUT2D eigenvalue weighted by molar-refractivity contribution is 1.37. The van der Waals surface area contributed by atoms with Gasteiger partial charge in [-0.15, -0.1) is 11.3 Å². The van der Waals surface area contributed by atoms with E-state index in [1.807, 2.05) is 11.3 Å². The molecule has 3 heteroatoms. The topological polar surface area (TPSA) is 25.8 Å². The van der Waals surface area contributed by atoms with Gasteiger partial charge in [0.1, 0.15) is 0 Å². The Kier molecular flexibility index (Phi) is 5.57. The third-order valence-electron chi connectivity index (χ3n) is 10.2. The highest BCUT2D eigenvalue weighted by molar-refractivity contribution is 7.25. The Balaban J connectivity index is 1.05. The second-order valence-electron chi connectivity index (χ2n) is 13.0. The number of thiophene rings is 1. The molecule has 0 spiro atoms. The Labute approximate surface area is 285 Å². The van der Waals surface area contributed by atoms with Crippen LogP contribution in [0.15, 0.2) is 158 Å². The summed E-state index contributed by atoms with van der Waals surface area (Å²) in [5.41, 5.74) is 8.38. The van der Waals surface area contributed by atoms with E-state index >= 15 is 0 Å². The van der Waals surface area contributed by atoms with Gasteiger partial charge < -0.3 is 0 Å². The van der Waals surface area contributed by atoms with Gasteiger partial charge in [-0.1, -0.05) is 121 Å². The van der Waals surface area contributed by atoms with E-state index in [0.29, 0.717) is 0 Å². The maximum atomic E-state index is 5.34. The number of hydrogen-bond donors (Lipinski definition) is 0. The molecule has 0 bridgehead atoms. The second kappa shape index (κ2) is 10.2. The molecule has 3 aromatic heterocycles. The maximum Gasteiger partial charge on any atom is 0.0972 e. The quantitative estimate of drug-likeness (QED) is 0.180. The summed E-state index contributed by atoms with van der Waals surface area (Å²) in [6.45, 7) is 0. The van der Waals surface area contributed by atoms with E-state index in [0.717, 1.165) is 44.3 Å². The zero-order valence-corrected chi connectivity index (χ0v) is 27.1. The van der Waals surface area contributed by atoms with Gasteiger partial charge in [-0.3, -0.25) is 0 Å². The van der Waals surface area contributed by atoms with E-state index in [1.54, 1.807) is 0 Å². The van der Waals surface area contributed by atoms with Gasteiger partial charge in [-0.2, -0.15) is 0 Å². The molecule has 226 valence electrons. The molecule has 0 aliphatic carbocycles. The van der Waals surface area contributed by atoms with E-state index < -0.39 is 0 Å². The van der Waals surface area contributed by atoms with Crippen molar-refractivity contribution in [3.05, 3.63) is 158 Å². The number of fused-ring (bicyclic) bond motifs is 6. The summed E-state index contributed by atoms with van der Waals surface area (Å²) in [6.07, 6.45) is 0. The predicted molar refractivity (Wildman–Crippen MR) is 210 cm³/mol. The molecule has 0 aliphatic heterocycles. The third kappa shape index (κ3) is 4.06. The van der Waals surface area contributed by atoms with Crippen molar-refractivity contribution in [3.8, 4) is 33.6 Å². The van der Waals surface area contributed by atoms with Gasteiger partial charge in [0.25, 0.3) is 0 Å². The first-order valence-electron chi connectivity index (χ1n) is 16.6. The minimum atomic E-state index is 0.922. The van der Waals surface area contributed by atoms with Crippen molar-refractivity contribution in [1.82, 2.24) is 9.97 Å². The molecule has 0 aliphatic rings. The van der Waals surface area contributed by atoms with E-state index in [1.165, 1.54) is 63.6 Å². The molecule has 0 N–H and O–H groups in total. The van der Waals surface area contributed by atoms with E-state index in [4.69, 9.17) is 9.97 Å². The van der Waals surface area contributed by atoms with Crippen LogP contribution in [0.5, 0.6) is 0 Å². The minimum Gasteiger partial charge on any atom is -0.245 e. The fourth-order valence-corrected chi connectivity index (χ4v) is 8.89. The van der Waals surface area contributed by atoms with Crippen molar-refractivity contribution < 1.29 is 0 Å². The van der Waals surface area contributed by atoms with E-state index in [2.05, 4.69) is 158 Å². The molecule has 8 aromatic carbocycles. The monoisotopic (exact) mass is 638 g/mol. The Morgan fingerprint density at radius 3 is 1.82 bits per heavy atom. The number of rotatable bonds is 3. The van der Waals surface area contributed by atoms with Crippen LogP contribution >= 0.6 is 11.3 Å². The van der Waals surface area contributed by atoms with Crippen LogP contribution in [0.25, 0.3) is 108 Å². The van der Waals surface area contributed by atoms with Crippen molar-refractivity contribution in [3.63, 3.8) is 0 Å². The molecule has 0 saturated carbocycles. The van der Waals surface area contributed by atoms with Crippen LogP contribution in [-0.2, 0) is 0 Å². The molecule has 3 heterocycles. The highest BCUT2D eigenvalue weighted by atomic mass is 32.1. The average Bonchev–Trinajstić information content (AvgIpc) is 3.54. The molecule has 0 radical (unpaired) electrons. The van der Waals surface area contributed by atoms with Crippen molar-refractivity contribution in [2.75, 3.05) is 0 Å². The Morgan fingerprint density at radius 1 is 0.347 bits per heavy atom. The fraction of sp³-hybridized carbons (Fsp3) is 0. The lowest BCUT2D eigenvalue weighted by atomic mass is 9.91. The van der Waals surface area contributed by atoms with Crippen LogP contribution in [0.1, 0.15) is 0 Å². The number of nitrogens with zero attached hydrogens (tertiary/aromatic N) is 2. The van der Waals surface area contributed by atoms with Gasteiger partial charge in [0.05, 0.1) is 22.4 Å². The van der Waals surface area contributed by atoms with E-state index in [9.17, 15) is 0 Å². The molecule has 0 fully saturated rings. The summed E-state index contributed by atoms with van der Waals surface area (Å²) in [5, 5.41) is 12.5. The molecular formula is C46H26N2S. The van der Waals surface area contributed by atoms with Gasteiger partial charge in [0, 0.05) is 42.1 Å². The summed E-state index contributed by atoms with van der Waals surface area (Å²) >= 11 is 1.85. The molecule has 0 atom stereocenters. The van der Waals surface area contributed by atoms with Crippen molar-refractivity contribution >= 4 is 85.6 Å². The third-order valence-corrected chi connectivity index (χ3v) is 11.3. The first-order chi connectivity index (χ1) is 24.2. The zero-order valence-electron chi connectivity index (χ0n) is 26.3. The van der Waals surface area contributed by atoms with Crippen LogP contribution in [0.2, 0.25) is 0 Å². The van der Waals surface area contributed by atoms with Crippen LogP contribution in [0, 0.1) is 0 Å². The fourth-order valence-electron chi connectivity index (χ4n) is 7.80. The summed E-state index contributed by atoms with van der Waals surface area (Å²) in [6, 6.07) is 57.2. The van der Waals surface area contributed by atoms with Crippen LogP contribution in [0.3, 0.4) is 0 Å². The standard InChI is InChI=1S/C46H26N2S/c1-2-10-41-36(9-1)38-26-33(19-24-42(38)49-41)32-7-4-8-34(25-32)39-22-17-30-13-14-31-18-23-40(48-46(31)45(30)47-39)35-20-15-29-12-11-27-5-3-6-28-16-21-37(35)44(29)43(27)28/h1-26H.